The van der Waals surface area contributed by atoms with Gasteiger partial charge in [-0.25, -0.2) is 4.89 Å². The van der Waals surface area contributed by atoms with E-state index in [0.29, 0.717) is 0 Å². The SMILES string of the molecule is Cc1cccc(C(C)OON)n1. The molecule has 0 amide bonds. The summed E-state index contributed by atoms with van der Waals surface area (Å²) >= 11 is 0. The third-order valence-corrected chi connectivity index (χ3v) is 1.53. The molecule has 0 radical (unpaired) electrons. The van der Waals surface area contributed by atoms with Crippen molar-refractivity contribution >= 4 is 0 Å². The van der Waals surface area contributed by atoms with Gasteiger partial charge in [0.25, 0.3) is 0 Å². The molecule has 12 heavy (non-hydrogen) atoms. The largest absolute Gasteiger partial charge is 0.255 e. The summed E-state index contributed by atoms with van der Waals surface area (Å²) in [6, 6.07) is 5.68. The second kappa shape index (κ2) is 4.15. The van der Waals surface area contributed by atoms with Gasteiger partial charge in [0.1, 0.15) is 6.10 Å². The maximum atomic E-state index is 4.75. The molecule has 2 N–H and O–H groups in total. The molecular formula is C8H12N2O2. The van der Waals surface area contributed by atoms with Crippen molar-refractivity contribution in [2.24, 2.45) is 5.90 Å². The Kier molecular flexibility index (Phi) is 3.16. The first-order chi connectivity index (χ1) is 5.74. The summed E-state index contributed by atoms with van der Waals surface area (Å²) in [7, 11) is 0. The predicted molar refractivity (Wildman–Crippen MR) is 43.7 cm³/mol. The van der Waals surface area contributed by atoms with Gasteiger partial charge in [-0.2, -0.15) is 5.90 Å². The van der Waals surface area contributed by atoms with Crippen molar-refractivity contribution in [3.63, 3.8) is 0 Å². The van der Waals surface area contributed by atoms with E-state index in [2.05, 4.69) is 9.97 Å². The van der Waals surface area contributed by atoms with Crippen LogP contribution < -0.4 is 5.90 Å². The van der Waals surface area contributed by atoms with E-state index in [1.54, 1.807) is 0 Å². The molecule has 4 nitrogen and oxygen atoms in total. The third kappa shape index (κ3) is 2.27. The van der Waals surface area contributed by atoms with Gasteiger partial charge in [0.05, 0.1) is 5.69 Å². The Labute approximate surface area is 71.2 Å². The van der Waals surface area contributed by atoms with Crippen LogP contribution >= 0.6 is 0 Å². The summed E-state index contributed by atoms with van der Waals surface area (Å²) in [5, 5.41) is 0. The summed E-state index contributed by atoms with van der Waals surface area (Å²) in [4.78, 5) is 13.0. The fourth-order valence-electron chi connectivity index (χ4n) is 0.923. The van der Waals surface area contributed by atoms with Gasteiger partial charge in [0.2, 0.25) is 0 Å². The summed E-state index contributed by atoms with van der Waals surface area (Å²) in [5.74, 6) is 4.75. The van der Waals surface area contributed by atoms with Crippen molar-refractivity contribution in [2.45, 2.75) is 20.0 Å². The van der Waals surface area contributed by atoms with Crippen molar-refractivity contribution < 1.29 is 9.88 Å². The fraction of sp³-hybridized carbons (Fsp3) is 0.375. The van der Waals surface area contributed by atoms with Gasteiger partial charge in [-0.15, -0.1) is 4.99 Å². The molecule has 1 aromatic rings. The zero-order valence-corrected chi connectivity index (χ0v) is 7.15. The van der Waals surface area contributed by atoms with E-state index in [1.165, 1.54) is 0 Å². The molecule has 0 fully saturated rings. The highest BCUT2D eigenvalue weighted by Crippen LogP contribution is 2.13. The standard InChI is InChI=1S/C8H12N2O2/c1-6-4-3-5-8(10-6)7(2)11-12-9/h3-5,7H,9H2,1-2H3. The van der Waals surface area contributed by atoms with Crippen molar-refractivity contribution in [1.82, 2.24) is 4.98 Å². The Morgan fingerprint density at radius 2 is 2.25 bits per heavy atom. The van der Waals surface area contributed by atoms with E-state index in [-0.39, 0.29) is 6.10 Å². The van der Waals surface area contributed by atoms with Gasteiger partial charge in [-0.1, -0.05) is 6.07 Å². The van der Waals surface area contributed by atoms with E-state index >= 15 is 0 Å². The van der Waals surface area contributed by atoms with E-state index < -0.39 is 0 Å². The molecule has 0 saturated carbocycles. The minimum absolute atomic E-state index is 0.241. The fourth-order valence-corrected chi connectivity index (χ4v) is 0.923. The molecule has 66 valence electrons. The van der Waals surface area contributed by atoms with E-state index in [0.717, 1.165) is 11.4 Å². The van der Waals surface area contributed by atoms with Crippen LogP contribution in [0.15, 0.2) is 18.2 Å². The highest BCUT2D eigenvalue weighted by Gasteiger charge is 2.06. The average Bonchev–Trinajstić information content (AvgIpc) is 2.05. The molecule has 0 aliphatic rings. The number of nitrogens with zero attached hydrogens (tertiary/aromatic N) is 1. The molecule has 1 aromatic heterocycles. The van der Waals surface area contributed by atoms with Gasteiger partial charge in [-0.05, 0) is 26.0 Å². The first-order valence-electron chi connectivity index (χ1n) is 3.70. The highest BCUT2D eigenvalue weighted by atomic mass is 17.3. The Bertz CT molecular complexity index is 253. The van der Waals surface area contributed by atoms with Crippen LogP contribution in [0.3, 0.4) is 0 Å². The molecule has 0 spiro atoms. The molecule has 0 aromatic carbocycles. The van der Waals surface area contributed by atoms with E-state index in [1.807, 2.05) is 32.0 Å². The van der Waals surface area contributed by atoms with Gasteiger partial charge >= 0.3 is 0 Å². The van der Waals surface area contributed by atoms with Crippen LogP contribution in [0.5, 0.6) is 0 Å². The van der Waals surface area contributed by atoms with Gasteiger partial charge < -0.3 is 0 Å². The molecular weight excluding hydrogens is 156 g/mol. The second-order valence-electron chi connectivity index (χ2n) is 2.54. The van der Waals surface area contributed by atoms with E-state index in [4.69, 9.17) is 10.8 Å². The Morgan fingerprint density at radius 1 is 1.50 bits per heavy atom. The molecule has 1 rings (SSSR count). The monoisotopic (exact) mass is 168 g/mol. The number of hydrogen-bond acceptors (Lipinski definition) is 4. The number of nitrogens with two attached hydrogens (primary N) is 1. The Balaban J connectivity index is 2.73. The van der Waals surface area contributed by atoms with Crippen LogP contribution in [0.2, 0.25) is 0 Å². The molecule has 1 atom stereocenters. The zero-order chi connectivity index (χ0) is 8.97. The lowest BCUT2D eigenvalue weighted by Gasteiger charge is -2.08. The molecule has 0 aliphatic carbocycles. The minimum atomic E-state index is -0.241. The molecule has 0 saturated heterocycles. The summed E-state index contributed by atoms with van der Waals surface area (Å²) < 4.78 is 0. The lowest BCUT2D eigenvalue weighted by molar-refractivity contribution is -0.329. The maximum Gasteiger partial charge on any atom is 0.134 e. The number of aryl methyl sites for hydroxylation is 1. The van der Waals surface area contributed by atoms with Gasteiger partial charge in [-0.3, -0.25) is 4.98 Å². The normalized spacial score (nSPS) is 12.9. The van der Waals surface area contributed by atoms with Crippen LogP contribution in [0.4, 0.5) is 0 Å². The summed E-state index contributed by atoms with van der Waals surface area (Å²) in [5.41, 5.74) is 1.75. The number of aromatic nitrogens is 1. The molecule has 1 unspecified atom stereocenters. The quantitative estimate of drug-likeness (QED) is 0.545. The minimum Gasteiger partial charge on any atom is -0.255 e. The van der Waals surface area contributed by atoms with Gasteiger partial charge in [0, 0.05) is 5.69 Å². The number of pyridine rings is 1. The lowest BCUT2D eigenvalue weighted by Crippen LogP contribution is -2.07. The first kappa shape index (κ1) is 9.12. The lowest BCUT2D eigenvalue weighted by atomic mass is 10.2. The molecule has 0 bridgehead atoms. The second-order valence-corrected chi connectivity index (χ2v) is 2.54. The highest BCUT2D eigenvalue weighted by molar-refractivity contribution is 5.11. The summed E-state index contributed by atoms with van der Waals surface area (Å²) in [6.45, 7) is 3.73. The van der Waals surface area contributed by atoms with E-state index in [9.17, 15) is 0 Å². The molecule has 4 heteroatoms. The van der Waals surface area contributed by atoms with Crippen molar-refractivity contribution in [3.8, 4) is 0 Å². The van der Waals surface area contributed by atoms with Crippen LogP contribution in [-0.2, 0) is 9.88 Å². The van der Waals surface area contributed by atoms with Crippen LogP contribution in [0, 0.1) is 6.92 Å². The molecule has 1 heterocycles. The molecule has 0 aliphatic heterocycles. The maximum absolute atomic E-state index is 4.75. The predicted octanol–water partition coefficient (Wildman–Crippen LogP) is 1.27. The Hall–Kier alpha value is -0.970. The Morgan fingerprint density at radius 3 is 2.83 bits per heavy atom. The number of rotatable bonds is 3. The van der Waals surface area contributed by atoms with Crippen LogP contribution in [0.25, 0.3) is 0 Å². The zero-order valence-electron chi connectivity index (χ0n) is 7.15. The summed E-state index contributed by atoms with van der Waals surface area (Å²) in [6.07, 6.45) is -0.241. The third-order valence-electron chi connectivity index (χ3n) is 1.53. The van der Waals surface area contributed by atoms with Crippen LogP contribution in [-0.4, -0.2) is 4.98 Å². The van der Waals surface area contributed by atoms with Crippen molar-refractivity contribution in [2.75, 3.05) is 0 Å². The van der Waals surface area contributed by atoms with Crippen molar-refractivity contribution in [3.05, 3.63) is 29.6 Å². The van der Waals surface area contributed by atoms with Gasteiger partial charge in [0.15, 0.2) is 0 Å². The van der Waals surface area contributed by atoms with Crippen LogP contribution in [0.1, 0.15) is 24.4 Å². The average molecular weight is 168 g/mol. The smallest absolute Gasteiger partial charge is 0.134 e. The first-order valence-corrected chi connectivity index (χ1v) is 3.70. The number of hydrogen-bond donors (Lipinski definition) is 1. The topological polar surface area (TPSA) is 57.4 Å². The van der Waals surface area contributed by atoms with Crippen molar-refractivity contribution in [1.29, 1.82) is 0 Å².